The molecule has 140 valence electrons. The summed E-state index contributed by atoms with van der Waals surface area (Å²) in [7, 11) is 0. The van der Waals surface area contributed by atoms with Crippen LogP contribution in [0.3, 0.4) is 0 Å². The van der Waals surface area contributed by atoms with Gasteiger partial charge < -0.3 is 9.64 Å². The number of rotatable bonds is 6. The molecule has 1 saturated heterocycles. The summed E-state index contributed by atoms with van der Waals surface area (Å²) in [6.45, 7) is 2.10. The highest BCUT2D eigenvalue weighted by molar-refractivity contribution is 5.76. The number of hydrogen-bond donors (Lipinski definition) is 0. The zero-order valence-electron chi connectivity index (χ0n) is 15.3. The van der Waals surface area contributed by atoms with Crippen molar-refractivity contribution >= 4 is 11.6 Å². The Morgan fingerprint density at radius 3 is 2.85 bits per heavy atom. The number of hydrogen-bond acceptors (Lipinski definition) is 4. The van der Waals surface area contributed by atoms with Crippen LogP contribution in [0.4, 0.5) is 0 Å². The Kier molecular flexibility index (Phi) is 5.32. The van der Waals surface area contributed by atoms with Gasteiger partial charge in [0.05, 0.1) is 6.61 Å². The number of ether oxygens (including phenoxy) is 1. The van der Waals surface area contributed by atoms with Crippen molar-refractivity contribution in [3.8, 4) is 5.75 Å². The van der Waals surface area contributed by atoms with Crippen molar-refractivity contribution in [3.05, 3.63) is 60.6 Å². The third-order valence-corrected chi connectivity index (χ3v) is 5.03. The second-order valence-corrected chi connectivity index (χ2v) is 6.93. The molecule has 1 unspecified atom stereocenters. The lowest BCUT2D eigenvalue weighted by molar-refractivity contribution is -0.132. The lowest BCUT2D eigenvalue weighted by Gasteiger charge is -2.32. The SMILES string of the molecule is O=C(CCCOc1ccccc1)N1CCCC(c2nnc3ccccn23)C1. The number of piperidine rings is 1. The van der Waals surface area contributed by atoms with E-state index in [9.17, 15) is 4.79 Å². The van der Waals surface area contributed by atoms with Gasteiger partial charge in [-0.25, -0.2) is 0 Å². The number of pyridine rings is 1. The number of nitrogens with zero attached hydrogens (tertiary/aromatic N) is 4. The van der Waals surface area contributed by atoms with Crippen LogP contribution < -0.4 is 4.74 Å². The molecule has 1 aliphatic heterocycles. The van der Waals surface area contributed by atoms with E-state index < -0.39 is 0 Å². The standard InChI is InChI=1S/C21H24N4O2/c26-20(12-7-15-27-18-9-2-1-3-10-18)24-13-6-8-17(16-24)21-23-22-19-11-4-5-14-25(19)21/h1-5,9-11,14,17H,6-8,12-13,15-16H2. The van der Waals surface area contributed by atoms with Crippen molar-refractivity contribution in [3.63, 3.8) is 0 Å². The average Bonchev–Trinajstić information content (AvgIpc) is 3.16. The van der Waals surface area contributed by atoms with Crippen molar-refractivity contribution in [2.75, 3.05) is 19.7 Å². The predicted molar refractivity (Wildman–Crippen MR) is 103 cm³/mol. The monoisotopic (exact) mass is 364 g/mol. The number of fused-ring (bicyclic) bond motifs is 1. The van der Waals surface area contributed by atoms with Crippen LogP contribution >= 0.6 is 0 Å². The fourth-order valence-electron chi connectivity index (χ4n) is 3.64. The second kappa shape index (κ2) is 8.20. The van der Waals surface area contributed by atoms with Crippen molar-refractivity contribution in [1.29, 1.82) is 0 Å². The first kappa shape index (κ1) is 17.5. The normalized spacial score (nSPS) is 17.2. The van der Waals surface area contributed by atoms with E-state index in [2.05, 4.69) is 10.2 Å². The fourth-order valence-corrected chi connectivity index (χ4v) is 3.64. The lowest BCUT2D eigenvalue weighted by atomic mass is 9.97. The third kappa shape index (κ3) is 4.10. The molecule has 0 bridgehead atoms. The number of benzene rings is 1. The smallest absolute Gasteiger partial charge is 0.222 e. The maximum absolute atomic E-state index is 12.6. The van der Waals surface area contributed by atoms with Crippen LogP contribution in [-0.2, 0) is 4.79 Å². The highest BCUT2D eigenvalue weighted by atomic mass is 16.5. The fraction of sp³-hybridized carbons (Fsp3) is 0.381. The van der Waals surface area contributed by atoms with Crippen LogP contribution in [0.2, 0.25) is 0 Å². The van der Waals surface area contributed by atoms with E-state index in [4.69, 9.17) is 4.74 Å². The molecule has 2 aromatic heterocycles. The Labute approximate surface area is 158 Å². The second-order valence-electron chi connectivity index (χ2n) is 6.93. The first-order valence-corrected chi connectivity index (χ1v) is 9.56. The van der Waals surface area contributed by atoms with Gasteiger partial charge >= 0.3 is 0 Å². The lowest BCUT2D eigenvalue weighted by Crippen LogP contribution is -2.39. The van der Waals surface area contributed by atoms with Crippen LogP contribution in [0, 0.1) is 0 Å². The van der Waals surface area contributed by atoms with E-state index in [0.717, 1.165) is 43.0 Å². The van der Waals surface area contributed by atoms with Gasteiger partial charge in [-0.2, -0.15) is 0 Å². The van der Waals surface area contributed by atoms with E-state index in [1.807, 2.05) is 64.0 Å². The van der Waals surface area contributed by atoms with E-state index in [1.165, 1.54) is 0 Å². The molecule has 0 N–H and O–H groups in total. The molecular weight excluding hydrogens is 340 g/mol. The molecule has 1 aromatic carbocycles. The summed E-state index contributed by atoms with van der Waals surface area (Å²) >= 11 is 0. The van der Waals surface area contributed by atoms with Crippen molar-refractivity contribution in [2.24, 2.45) is 0 Å². The Morgan fingerprint density at radius 2 is 1.96 bits per heavy atom. The van der Waals surface area contributed by atoms with Gasteiger partial charge in [0.15, 0.2) is 5.65 Å². The topological polar surface area (TPSA) is 59.7 Å². The predicted octanol–water partition coefficient (Wildman–Crippen LogP) is 3.29. The van der Waals surface area contributed by atoms with E-state index >= 15 is 0 Å². The van der Waals surface area contributed by atoms with Gasteiger partial charge in [-0.1, -0.05) is 24.3 Å². The zero-order valence-corrected chi connectivity index (χ0v) is 15.3. The van der Waals surface area contributed by atoms with Gasteiger partial charge in [0.1, 0.15) is 11.6 Å². The van der Waals surface area contributed by atoms with Crippen LogP contribution in [0.15, 0.2) is 54.7 Å². The summed E-state index contributed by atoms with van der Waals surface area (Å²) in [5.41, 5.74) is 0.856. The minimum absolute atomic E-state index is 0.199. The van der Waals surface area contributed by atoms with Crippen LogP contribution in [0.1, 0.15) is 37.4 Å². The number of carbonyl (C=O) groups is 1. The van der Waals surface area contributed by atoms with E-state index in [1.54, 1.807) is 0 Å². The Bertz CT molecular complexity index is 893. The zero-order chi connectivity index (χ0) is 18.5. The summed E-state index contributed by atoms with van der Waals surface area (Å²) in [5.74, 6) is 2.24. The molecular formula is C21H24N4O2. The van der Waals surface area contributed by atoms with Crippen molar-refractivity contribution in [2.45, 2.75) is 31.6 Å². The van der Waals surface area contributed by atoms with Crippen LogP contribution in [-0.4, -0.2) is 45.1 Å². The number of carbonyl (C=O) groups excluding carboxylic acids is 1. The number of para-hydroxylation sites is 1. The Balaban J connectivity index is 1.30. The van der Waals surface area contributed by atoms with Crippen molar-refractivity contribution in [1.82, 2.24) is 19.5 Å². The molecule has 0 radical (unpaired) electrons. The molecule has 0 aliphatic carbocycles. The van der Waals surface area contributed by atoms with Crippen LogP contribution in [0.5, 0.6) is 5.75 Å². The first-order valence-electron chi connectivity index (χ1n) is 9.56. The summed E-state index contributed by atoms with van der Waals surface area (Å²) in [5, 5.41) is 8.62. The van der Waals surface area contributed by atoms with Gasteiger partial charge in [0.25, 0.3) is 0 Å². The summed E-state index contributed by atoms with van der Waals surface area (Å²) in [6.07, 6.45) is 5.27. The maximum atomic E-state index is 12.6. The first-order chi connectivity index (χ1) is 13.3. The molecule has 6 nitrogen and oxygen atoms in total. The van der Waals surface area contributed by atoms with Gasteiger partial charge in [-0.05, 0) is 43.5 Å². The molecule has 3 aromatic rings. The number of likely N-dealkylation sites (tertiary alicyclic amines) is 1. The van der Waals surface area contributed by atoms with Crippen LogP contribution in [0.25, 0.3) is 5.65 Å². The summed E-state index contributed by atoms with van der Waals surface area (Å²) in [6, 6.07) is 15.6. The maximum Gasteiger partial charge on any atom is 0.222 e. The van der Waals surface area contributed by atoms with Gasteiger partial charge in [0, 0.05) is 31.6 Å². The minimum atomic E-state index is 0.199. The molecule has 1 atom stereocenters. The minimum Gasteiger partial charge on any atom is -0.494 e. The Hall–Kier alpha value is -2.89. The van der Waals surface area contributed by atoms with Crippen molar-refractivity contribution < 1.29 is 9.53 Å². The Morgan fingerprint density at radius 1 is 1.11 bits per heavy atom. The molecule has 1 amide bonds. The molecule has 6 heteroatoms. The van der Waals surface area contributed by atoms with E-state index in [0.29, 0.717) is 19.6 Å². The number of amides is 1. The highest BCUT2D eigenvalue weighted by Crippen LogP contribution is 2.26. The molecule has 1 fully saturated rings. The van der Waals surface area contributed by atoms with Gasteiger partial charge in [-0.3, -0.25) is 9.20 Å². The van der Waals surface area contributed by atoms with Gasteiger partial charge in [-0.15, -0.1) is 10.2 Å². The molecule has 0 saturated carbocycles. The quantitative estimate of drug-likeness (QED) is 0.630. The summed E-state index contributed by atoms with van der Waals surface area (Å²) in [4.78, 5) is 14.6. The molecule has 1 aliphatic rings. The highest BCUT2D eigenvalue weighted by Gasteiger charge is 2.27. The molecule has 4 rings (SSSR count). The molecule has 0 spiro atoms. The molecule has 3 heterocycles. The average molecular weight is 364 g/mol. The third-order valence-electron chi connectivity index (χ3n) is 5.03. The summed E-state index contributed by atoms with van der Waals surface area (Å²) < 4.78 is 7.71. The van der Waals surface area contributed by atoms with E-state index in [-0.39, 0.29) is 11.8 Å². The van der Waals surface area contributed by atoms with Gasteiger partial charge in [0.2, 0.25) is 5.91 Å². The molecule has 27 heavy (non-hydrogen) atoms. The number of aromatic nitrogens is 3. The largest absolute Gasteiger partial charge is 0.494 e.